The number of rotatable bonds is 7. The molecule has 0 saturated carbocycles. The first-order valence-corrected chi connectivity index (χ1v) is 10.9. The van der Waals surface area contributed by atoms with Gasteiger partial charge in [-0.1, -0.05) is 6.92 Å². The summed E-state index contributed by atoms with van der Waals surface area (Å²) >= 11 is 0. The average molecular weight is 494 g/mol. The third-order valence-corrected chi connectivity index (χ3v) is 6.48. The Hall–Kier alpha value is -3.08. The van der Waals surface area contributed by atoms with Gasteiger partial charge in [0.1, 0.15) is 5.69 Å². The largest absolute Gasteiger partial charge is 0.480 e. The molecule has 0 amide bonds. The number of halogens is 5. The highest BCUT2D eigenvalue weighted by Crippen LogP contribution is 2.35. The minimum atomic E-state index is -5.88. The van der Waals surface area contributed by atoms with Crippen molar-refractivity contribution in [2.45, 2.75) is 43.2 Å². The molecule has 2 rings (SSSR count). The lowest BCUT2D eigenvalue weighted by Crippen LogP contribution is -2.42. The van der Waals surface area contributed by atoms with Gasteiger partial charge in [0.25, 0.3) is 5.56 Å². The molecule has 14 heteroatoms. The van der Waals surface area contributed by atoms with Gasteiger partial charge in [0.05, 0.1) is 28.3 Å². The van der Waals surface area contributed by atoms with Crippen LogP contribution in [0.3, 0.4) is 0 Å². The molecule has 0 aliphatic heterocycles. The number of nitrogens with zero attached hydrogens (tertiary/aromatic N) is 4. The lowest BCUT2D eigenvalue weighted by Gasteiger charge is -2.20. The molecule has 0 bridgehead atoms. The summed E-state index contributed by atoms with van der Waals surface area (Å²) in [5.74, 6) is -6.75. The van der Waals surface area contributed by atoms with Gasteiger partial charge in [-0.15, -0.1) is 0 Å². The summed E-state index contributed by atoms with van der Waals surface area (Å²) in [6.45, 7) is 2.32. The lowest BCUT2D eigenvalue weighted by atomic mass is 9.87. The number of hydrogen-bond acceptors (Lipinski definition) is 7. The zero-order chi connectivity index (χ0) is 25.4. The highest BCUT2D eigenvalue weighted by molar-refractivity contribution is 7.91. The van der Waals surface area contributed by atoms with E-state index >= 15 is 0 Å². The second-order valence-electron chi connectivity index (χ2n) is 7.51. The van der Waals surface area contributed by atoms with Gasteiger partial charge in [-0.2, -0.15) is 27.2 Å². The van der Waals surface area contributed by atoms with Crippen molar-refractivity contribution in [1.29, 1.82) is 5.26 Å². The van der Waals surface area contributed by atoms with Crippen LogP contribution in [0.2, 0.25) is 0 Å². The van der Waals surface area contributed by atoms with Crippen LogP contribution in [0.1, 0.15) is 26.3 Å². The van der Waals surface area contributed by atoms with Crippen LogP contribution in [-0.4, -0.2) is 47.4 Å². The molecular formula is C19H19F5N4O4S. The van der Waals surface area contributed by atoms with Crippen LogP contribution in [0, 0.1) is 11.3 Å². The van der Waals surface area contributed by atoms with Crippen molar-refractivity contribution < 1.29 is 35.1 Å². The first kappa shape index (κ1) is 26.2. The molecule has 2 aromatic rings. The van der Waals surface area contributed by atoms with Crippen LogP contribution in [0.15, 0.2) is 28.2 Å². The molecule has 180 valence electrons. The molecule has 0 aliphatic rings. The molecule has 8 nitrogen and oxygen atoms in total. The van der Waals surface area contributed by atoms with Gasteiger partial charge in [0, 0.05) is 13.2 Å². The van der Waals surface area contributed by atoms with Crippen LogP contribution in [-0.2, 0) is 22.3 Å². The Morgan fingerprint density at radius 2 is 1.76 bits per heavy atom. The van der Waals surface area contributed by atoms with E-state index in [0.29, 0.717) is 10.8 Å². The molecular weight excluding hydrogens is 475 g/mol. The van der Waals surface area contributed by atoms with Crippen molar-refractivity contribution in [1.82, 2.24) is 14.5 Å². The number of pyridine rings is 1. The molecule has 0 unspecified atom stereocenters. The number of ether oxygens (including phenoxy) is 1. The third kappa shape index (κ3) is 5.13. The SMILES string of the molecule is CCS(=O)(=O)c1cc(C(C)(C)C#N)cnc1-c1ncc(OCC(F)(F)C(F)(F)F)c(=O)n1C. The molecule has 2 aromatic heterocycles. The molecule has 2 heterocycles. The Morgan fingerprint density at radius 3 is 2.27 bits per heavy atom. The van der Waals surface area contributed by atoms with Crippen molar-refractivity contribution >= 4 is 9.84 Å². The average Bonchev–Trinajstić information content (AvgIpc) is 2.73. The van der Waals surface area contributed by atoms with Gasteiger partial charge < -0.3 is 4.74 Å². The molecule has 0 saturated heterocycles. The lowest BCUT2D eigenvalue weighted by molar-refractivity contribution is -0.290. The summed E-state index contributed by atoms with van der Waals surface area (Å²) < 4.78 is 93.6. The van der Waals surface area contributed by atoms with Crippen molar-refractivity contribution in [3.8, 4) is 23.3 Å². The van der Waals surface area contributed by atoms with Gasteiger partial charge in [-0.3, -0.25) is 14.3 Å². The van der Waals surface area contributed by atoms with Crippen LogP contribution in [0.4, 0.5) is 22.0 Å². The topological polar surface area (TPSA) is 115 Å². The smallest absolute Gasteiger partial charge is 0.456 e. The standard InChI is InChI=1S/C19H19F5N4O4S/c1-5-33(30,31)13-6-11(17(2,3)9-25)7-26-14(13)15-27-8-12(16(29)28(15)4)32-10-18(20,21)19(22,23)24/h6-8H,5,10H2,1-4H3. The fourth-order valence-electron chi connectivity index (χ4n) is 2.50. The van der Waals surface area contributed by atoms with E-state index in [4.69, 9.17) is 0 Å². The van der Waals surface area contributed by atoms with Gasteiger partial charge >= 0.3 is 12.1 Å². The predicted molar refractivity (Wildman–Crippen MR) is 106 cm³/mol. The summed E-state index contributed by atoms with van der Waals surface area (Å²) in [4.78, 5) is 20.0. The summed E-state index contributed by atoms with van der Waals surface area (Å²) in [6, 6.07) is 3.24. The highest BCUT2D eigenvalue weighted by atomic mass is 32.2. The minimum absolute atomic E-state index is 0.263. The van der Waals surface area contributed by atoms with Crippen LogP contribution >= 0.6 is 0 Å². The summed E-state index contributed by atoms with van der Waals surface area (Å²) in [5, 5.41) is 9.33. The highest BCUT2D eigenvalue weighted by Gasteiger charge is 2.58. The third-order valence-electron chi connectivity index (χ3n) is 4.74. The van der Waals surface area contributed by atoms with Crippen LogP contribution < -0.4 is 10.3 Å². The fraction of sp³-hybridized carbons (Fsp3) is 0.474. The molecule has 0 spiro atoms. The van der Waals surface area contributed by atoms with E-state index in [-0.39, 0.29) is 27.7 Å². The minimum Gasteiger partial charge on any atom is -0.480 e. The number of sulfone groups is 1. The van der Waals surface area contributed by atoms with Crippen molar-refractivity contribution in [2.24, 2.45) is 7.05 Å². The molecule has 0 aliphatic carbocycles. The first-order chi connectivity index (χ1) is 15.0. The maximum atomic E-state index is 13.1. The zero-order valence-electron chi connectivity index (χ0n) is 17.9. The molecule has 0 atom stereocenters. The quantitative estimate of drug-likeness (QED) is 0.544. The summed E-state index contributed by atoms with van der Waals surface area (Å²) in [5.41, 5.74) is -2.22. The maximum Gasteiger partial charge on any atom is 0.456 e. The number of aromatic nitrogens is 3. The molecule has 0 fully saturated rings. The van der Waals surface area contributed by atoms with Crippen LogP contribution in [0.25, 0.3) is 11.5 Å². The van der Waals surface area contributed by atoms with Crippen molar-refractivity contribution in [3.05, 3.63) is 34.4 Å². The Balaban J connectivity index is 2.61. The van der Waals surface area contributed by atoms with E-state index < -0.39 is 45.3 Å². The summed E-state index contributed by atoms with van der Waals surface area (Å²) in [7, 11) is -2.84. The molecule has 0 radical (unpaired) electrons. The number of nitriles is 1. The van der Waals surface area contributed by atoms with E-state index in [2.05, 4.69) is 14.7 Å². The van der Waals surface area contributed by atoms with Gasteiger partial charge in [-0.25, -0.2) is 13.4 Å². The summed E-state index contributed by atoms with van der Waals surface area (Å²) in [6.07, 6.45) is -4.03. The van der Waals surface area contributed by atoms with Gasteiger partial charge in [0.2, 0.25) is 5.75 Å². The Labute approximate surface area is 185 Å². The number of hydrogen-bond donors (Lipinski definition) is 0. The predicted octanol–water partition coefficient (Wildman–Crippen LogP) is 3.01. The first-order valence-electron chi connectivity index (χ1n) is 9.26. The monoisotopic (exact) mass is 494 g/mol. The Bertz CT molecular complexity index is 1260. The van der Waals surface area contributed by atoms with Gasteiger partial charge in [0.15, 0.2) is 22.3 Å². The molecule has 0 N–H and O–H groups in total. The number of alkyl halides is 5. The Kier molecular flexibility index (Phi) is 6.90. The van der Waals surface area contributed by atoms with Crippen molar-refractivity contribution in [2.75, 3.05) is 12.4 Å². The van der Waals surface area contributed by atoms with E-state index in [1.54, 1.807) is 13.8 Å². The fourth-order valence-corrected chi connectivity index (χ4v) is 3.56. The normalized spacial score (nSPS) is 13.0. The molecule has 0 aromatic carbocycles. The Morgan fingerprint density at radius 1 is 1.15 bits per heavy atom. The van der Waals surface area contributed by atoms with Gasteiger partial charge in [-0.05, 0) is 25.5 Å². The second kappa shape index (κ2) is 8.69. The van der Waals surface area contributed by atoms with Crippen molar-refractivity contribution in [3.63, 3.8) is 0 Å². The van der Waals surface area contributed by atoms with Crippen LogP contribution in [0.5, 0.6) is 5.75 Å². The molecule has 33 heavy (non-hydrogen) atoms. The van der Waals surface area contributed by atoms with E-state index in [9.17, 15) is 40.4 Å². The maximum absolute atomic E-state index is 13.1. The van der Waals surface area contributed by atoms with E-state index in [1.807, 2.05) is 6.07 Å². The van der Waals surface area contributed by atoms with E-state index in [0.717, 1.165) is 7.05 Å². The second-order valence-corrected chi connectivity index (χ2v) is 9.76. The zero-order valence-corrected chi connectivity index (χ0v) is 18.7. The van der Waals surface area contributed by atoms with E-state index in [1.165, 1.54) is 19.2 Å².